The maximum absolute atomic E-state index is 11.3. The molecule has 0 radical (unpaired) electrons. The third-order valence-corrected chi connectivity index (χ3v) is 4.55. The van der Waals surface area contributed by atoms with E-state index in [4.69, 9.17) is 9.84 Å². The summed E-state index contributed by atoms with van der Waals surface area (Å²) in [5.74, 6) is 1.03. The highest BCUT2D eigenvalue weighted by Crippen LogP contribution is 2.20. The molecule has 1 atom stereocenters. The Labute approximate surface area is 101 Å². The van der Waals surface area contributed by atoms with Crippen LogP contribution < -0.4 is 4.74 Å². The zero-order valence-electron chi connectivity index (χ0n) is 9.50. The quantitative estimate of drug-likeness (QED) is 0.865. The summed E-state index contributed by atoms with van der Waals surface area (Å²) < 4.78 is 28.1. The van der Waals surface area contributed by atoms with Crippen LogP contribution in [0, 0.1) is 0 Å². The SMILES string of the molecule is O=S1(=O)CCC(Oc2ccc(CCO)cc2)C1. The molecule has 1 aromatic carbocycles. The Hall–Kier alpha value is -1.07. The predicted octanol–water partition coefficient (Wildman–Crippen LogP) is 0.787. The summed E-state index contributed by atoms with van der Waals surface area (Å²) in [6, 6.07) is 7.40. The Morgan fingerprint density at radius 3 is 2.53 bits per heavy atom. The van der Waals surface area contributed by atoms with Gasteiger partial charge in [0.2, 0.25) is 0 Å². The van der Waals surface area contributed by atoms with E-state index in [0.717, 1.165) is 5.56 Å². The average molecular weight is 256 g/mol. The van der Waals surface area contributed by atoms with Crippen LogP contribution in [0.1, 0.15) is 12.0 Å². The molecule has 1 saturated heterocycles. The fourth-order valence-electron chi connectivity index (χ4n) is 1.91. The van der Waals surface area contributed by atoms with Crippen molar-refractivity contribution in [3.63, 3.8) is 0 Å². The van der Waals surface area contributed by atoms with Crippen LogP contribution in [0.4, 0.5) is 0 Å². The molecule has 1 aromatic rings. The molecule has 1 aliphatic heterocycles. The molecule has 4 nitrogen and oxygen atoms in total. The fourth-order valence-corrected chi connectivity index (χ4v) is 3.50. The highest BCUT2D eigenvalue weighted by molar-refractivity contribution is 7.91. The van der Waals surface area contributed by atoms with Gasteiger partial charge in [-0.1, -0.05) is 12.1 Å². The van der Waals surface area contributed by atoms with Crippen molar-refractivity contribution in [1.82, 2.24) is 0 Å². The second-order valence-corrected chi connectivity index (χ2v) is 6.49. The number of sulfone groups is 1. The maximum atomic E-state index is 11.3. The Morgan fingerprint density at radius 2 is 2.00 bits per heavy atom. The van der Waals surface area contributed by atoms with Crippen molar-refractivity contribution < 1.29 is 18.3 Å². The number of aliphatic hydroxyl groups is 1. The number of hydrogen-bond donors (Lipinski definition) is 1. The van der Waals surface area contributed by atoms with Crippen molar-refractivity contribution in [1.29, 1.82) is 0 Å². The molecule has 0 aliphatic carbocycles. The lowest BCUT2D eigenvalue weighted by Gasteiger charge is -2.12. The third-order valence-electron chi connectivity index (χ3n) is 2.82. The van der Waals surface area contributed by atoms with E-state index in [2.05, 4.69) is 0 Å². The van der Waals surface area contributed by atoms with Crippen molar-refractivity contribution in [2.24, 2.45) is 0 Å². The van der Waals surface area contributed by atoms with Crippen LogP contribution in [-0.4, -0.2) is 37.7 Å². The predicted molar refractivity (Wildman–Crippen MR) is 64.9 cm³/mol. The minimum Gasteiger partial charge on any atom is -0.489 e. The molecule has 0 bridgehead atoms. The van der Waals surface area contributed by atoms with E-state index in [-0.39, 0.29) is 24.2 Å². The lowest BCUT2D eigenvalue weighted by molar-refractivity contribution is 0.229. The van der Waals surface area contributed by atoms with E-state index >= 15 is 0 Å². The first-order valence-corrected chi connectivity index (χ1v) is 7.48. The number of aliphatic hydroxyl groups excluding tert-OH is 1. The van der Waals surface area contributed by atoms with Crippen LogP contribution in [0.15, 0.2) is 24.3 Å². The standard InChI is InChI=1S/C12H16O4S/c13-7-5-10-1-3-11(4-2-10)16-12-6-8-17(14,15)9-12/h1-4,12-13H,5-9H2. The van der Waals surface area contributed by atoms with Gasteiger partial charge >= 0.3 is 0 Å². The highest BCUT2D eigenvalue weighted by Gasteiger charge is 2.29. The molecule has 0 saturated carbocycles. The van der Waals surface area contributed by atoms with Crippen molar-refractivity contribution in [2.75, 3.05) is 18.1 Å². The lowest BCUT2D eigenvalue weighted by atomic mass is 10.1. The Kier molecular flexibility index (Phi) is 3.69. The minimum absolute atomic E-state index is 0.116. The molecule has 0 aromatic heterocycles. The number of rotatable bonds is 4. The van der Waals surface area contributed by atoms with Gasteiger partial charge in [-0.2, -0.15) is 0 Å². The van der Waals surface area contributed by atoms with Crippen LogP contribution in [0.5, 0.6) is 5.75 Å². The molecule has 1 N–H and O–H groups in total. The molecule has 1 aliphatic rings. The van der Waals surface area contributed by atoms with Crippen LogP contribution in [0.2, 0.25) is 0 Å². The molecule has 1 unspecified atom stereocenters. The maximum Gasteiger partial charge on any atom is 0.154 e. The number of ether oxygens (including phenoxy) is 1. The average Bonchev–Trinajstić information content (AvgIpc) is 2.61. The van der Waals surface area contributed by atoms with Gasteiger partial charge in [0, 0.05) is 6.61 Å². The van der Waals surface area contributed by atoms with Gasteiger partial charge < -0.3 is 9.84 Å². The summed E-state index contributed by atoms with van der Waals surface area (Å²) in [5, 5.41) is 8.78. The fraction of sp³-hybridized carbons (Fsp3) is 0.500. The molecule has 17 heavy (non-hydrogen) atoms. The molecule has 2 rings (SSSR count). The largest absolute Gasteiger partial charge is 0.489 e. The number of benzene rings is 1. The van der Waals surface area contributed by atoms with Gasteiger partial charge in [0.05, 0.1) is 11.5 Å². The molecule has 1 fully saturated rings. The van der Waals surface area contributed by atoms with Gasteiger partial charge in [0.1, 0.15) is 11.9 Å². The van der Waals surface area contributed by atoms with Crippen LogP contribution in [0.25, 0.3) is 0 Å². The first kappa shape index (κ1) is 12.4. The topological polar surface area (TPSA) is 63.6 Å². The molecule has 5 heteroatoms. The summed E-state index contributed by atoms with van der Waals surface area (Å²) in [5.41, 5.74) is 1.04. The smallest absolute Gasteiger partial charge is 0.154 e. The normalized spacial score (nSPS) is 22.5. The van der Waals surface area contributed by atoms with E-state index in [1.54, 1.807) is 0 Å². The molecular weight excluding hydrogens is 240 g/mol. The van der Waals surface area contributed by atoms with Crippen molar-refractivity contribution in [3.8, 4) is 5.75 Å². The first-order valence-electron chi connectivity index (χ1n) is 5.66. The summed E-state index contributed by atoms with van der Waals surface area (Å²) >= 11 is 0. The van der Waals surface area contributed by atoms with Gasteiger partial charge in [0.15, 0.2) is 9.84 Å². The van der Waals surface area contributed by atoms with E-state index in [9.17, 15) is 8.42 Å². The molecule has 0 spiro atoms. The summed E-state index contributed by atoms with van der Waals surface area (Å²) in [4.78, 5) is 0. The zero-order valence-corrected chi connectivity index (χ0v) is 10.3. The van der Waals surface area contributed by atoms with Gasteiger partial charge in [-0.25, -0.2) is 8.42 Å². The van der Waals surface area contributed by atoms with Crippen LogP contribution >= 0.6 is 0 Å². The van der Waals surface area contributed by atoms with E-state index in [0.29, 0.717) is 18.6 Å². The molecule has 94 valence electrons. The second kappa shape index (κ2) is 5.06. The van der Waals surface area contributed by atoms with Gasteiger partial charge in [0.25, 0.3) is 0 Å². The van der Waals surface area contributed by atoms with Crippen molar-refractivity contribution in [3.05, 3.63) is 29.8 Å². The van der Waals surface area contributed by atoms with E-state index in [1.165, 1.54) is 0 Å². The third kappa shape index (κ3) is 3.44. The van der Waals surface area contributed by atoms with E-state index < -0.39 is 9.84 Å². The van der Waals surface area contributed by atoms with Crippen LogP contribution in [-0.2, 0) is 16.3 Å². The monoisotopic (exact) mass is 256 g/mol. The minimum atomic E-state index is -2.89. The second-order valence-electron chi connectivity index (χ2n) is 4.26. The zero-order chi connectivity index (χ0) is 12.3. The highest BCUT2D eigenvalue weighted by atomic mass is 32.2. The Bertz CT molecular complexity index is 464. The summed E-state index contributed by atoms with van der Waals surface area (Å²) in [6.45, 7) is 0.126. The molecule has 1 heterocycles. The van der Waals surface area contributed by atoms with E-state index in [1.807, 2.05) is 24.3 Å². The molecule has 0 amide bonds. The van der Waals surface area contributed by atoms with Gasteiger partial charge in [-0.05, 0) is 30.5 Å². The van der Waals surface area contributed by atoms with Crippen molar-refractivity contribution >= 4 is 9.84 Å². The van der Waals surface area contributed by atoms with Crippen molar-refractivity contribution in [2.45, 2.75) is 18.9 Å². The van der Waals surface area contributed by atoms with Gasteiger partial charge in [-0.15, -0.1) is 0 Å². The number of hydrogen-bond acceptors (Lipinski definition) is 4. The van der Waals surface area contributed by atoms with Gasteiger partial charge in [-0.3, -0.25) is 0 Å². The van der Waals surface area contributed by atoms with Crippen LogP contribution in [0.3, 0.4) is 0 Å². The summed E-state index contributed by atoms with van der Waals surface area (Å²) in [6.07, 6.45) is 0.974. The Morgan fingerprint density at radius 1 is 1.29 bits per heavy atom. The lowest BCUT2D eigenvalue weighted by Crippen LogP contribution is -2.17. The molecular formula is C12H16O4S. The summed E-state index contributed by atoms with van der Waals surface area (Å²) in [7, 11) is -2.89. The first-order chi connectivity index (χ1) is 8.09. The Balaban J connectivity index is 1.95.